The first kappa shape index (κ1) is 28.3. The number of likely N-dealkylation sites (N-methyl/N-ethyl adjacent to an activating group) is 1. The molecule has 2 heterocycles. The van der Waals surface area contributed by atoms with Crippen LogP contribution in [0.3, 0.4) is 0 Å². The molecule has 2 saturated carbocycles. The van der Waals surface area contributed by atoms with Gasteiger partial charge in [-0.15, -0.1) is 5.73 Å². The van der Waals surface area contributed by atoms with E-state index in [9.17, 15) is 9.35 Å². The number of piperidine rings is 1. The summed E-state index contributed by atoms with van der Waals surface area (Å²) in [6, 6.07) is 0. The highest BCUT2D eigenvalue weighted by Gasteiger charge is 2.56. The molecule has 4 aliphatic carbocycles. The number of carbonyl (C=O) groups excluding carboxylic acids is 1. The minimum atomic E-state index is -1.68. The van der Waals surface area contributed by atoms with Crippen molar-refractivity contribution in [1.29, 1.82) is 0 Å². The van der Waals surface area contributed by atoms with E-state index in [4.69, 9.17) is 0 Å². The smallest absolute Gasteiger partial charge is 0.175 e. The zero-order valence-corrected chi connectivity index (χ0v) is 26.2. The molecule has 1 N–H and O–H groups in total. The normalized spacial score (nSPS) is 37.0. The van der Waals surface area contributed by atoms with E-state index >= 15 is 0 Å². The van der Waals surface area contributed by atoms with Gasteiger partial charge in [-0.25, -0.2) is 4.31 Å². The van der Waals surface area contributed by atoms with E-state index < -0.39 is 10.5 Å². The Morgan fingerprint density at radius 2 is 1.82 bits per heavy atom. The molecule has 0 aromatic heterocycles. The lowest BCUT2D eigenvalue weighted by Gasteiger charge is -2.57. The number of ketones is 1. The molecule has 4 nitrogen and oxygen atoms in total. The van der Waals surface area contributed by atoms with Crippen LogP contribution in [-0.4, -0.2) is 58.7 Å². The number of allylic oxidation sites excluding steroid dienone is 7. The highest BCUT2D eigenvalue weighted by molar-refractivity contribution is 8.26. The maximum atomic E-state index is 12.9. The summed E-state index contributed by atoms with van der Waals surface area (Å²) in [5, 5.41) is 0. The van der Waals surface area contributed by atoms with Crippen LogP contribution in [0.4, 0.5) is 0 Å². The highest BCUT2D eigenvalue weighted by Crippen LogP contribution is 2.66. The summed E-state index contributed by atoms with van der Waals surface area (Å²) in [6.07, 6.45) is 28.9. The number of rotatable bonds is 4. The lowest BCUT2D eigenvalue weighted by Crippen LogP contribution is -2.49. The third-order valence-electron chi connectivity index (χ3n) is 11.7. The summed E-state index contributed by atoms with van der Waals surface area (Å²) >= 11 is 0. The Hall–Kier alpha value is -1.78. The molecule has 1 radical (unpaired) electrons. The Kier molecular flexibility index (Phi) is 7.43. The number of carbonyl (C=O) groups is 1. The second-order valence-corrected chi connectivity index (χ2v) is 17.3. The molecule has 2 aliphatic heterocycles. The van der Waals surface area contributed by atoms with Crippen LogP contribution < -0.4 is 0 Å². The number of hydrogen-bond acceptors (Lipinski definition) is 4. The van der Waals surface area contributed by atoms with Crippen molar-refractivity contribution in [3.63, 3.8) is 0 Å². The maximum absolute atomic E-state index is 12.9. The first-order valence-corrected chi connectivity index (χ1v) is 18.0. The van der Waals surface area contributed by atoms with Gasteiger partial charge in [-0.2, -0.15) is 0 Å². The molecule has 0 spiro atoms. The standard InChI is InChI=1S/C35H49N2O2S/c1-34-18-14-25(8-13-33(38)26-16-21-37(22-17-26)40(4,5)39)23-28(34)9-10-29-31-12-11-30(27-7-6-20-36(3)24-27)35(31,2)19-15-32(29)34/h6-7,9,11,24,26,29,31-32,39H,10,12,14-23H2,1-5H3/t8?,29-,31-,32-,34-,35?/m0/s1. The molecule has 1 unspecified atom stereocenters. The van der Waals surface area contributed by atoms with Crippen molar-refractivity contribution in [2.45, 2.75) is 71.6 Å². The van der Waals surface area contributed by atoms with Crippen LogP contribution in [0, 0.1) is 40.6 Å². The van der Waals surface area contributed by atoms with Gasteiger partial charge >= 0.3 is 0 Å². The van der Waals surface area contributed by atoms with Crippen molar-refractivity contribution in [2.24, 2.45) is 34.5 Å². The SMILES string of the molecule is CN1C=C(C2=CC[C@H]3[C@@H]4CC=C5CC(=C=[C]C(=O)C6CCN(S(C)(C)O)CC6)CC[C@]5(C)[C@H]4CCC23C)C=CC1. The zero-order chi connectivity index (χ0) is 28.3. The van der Waals surface area contributed by atoms with Gasteiger partial charge in [0.2, 0.25) is 0 Å². The predicted molar refractivity (Wildman–Crippen MR) is 167 cm³/mol. The molecule has 217 valence electrons. The van der Waals surface area contributed by atoms with Crippen molar-refractivity contribution < 1.29 is 9.35 Å². The minimum Gasteiger partial charge on any atom is -0.376 e. The van der Waals surface area contributed by atoms with Crippen LogP contribution in [0.2, 0.25) is 0 Å². The Balaban J connectivity index is 1.14. The number of nitrogens with zero attached hydrogens (tertiary/aromatic N) is 2. The van der Waals surface area contributed by atoms with E-state index in [0.29, 0.717) is 5.41 Å². The average Bonchev–Trinajstić information content (AvgIpc) is 3.28. The second kappa shape index (κ2) is 10.5. The van der Waals surface area contributed by atoms with Gasteiger partial charge in [0, 0.05) is 38.8 Å². The first-order chi connectivity index (χ1) is 19.0. The zero-order valence-electron chi connectivity index (χ0n) is 25.3. The molecule has 1 saturated heterocycles. The summed E-state index contributed by atoms with van der Waals surface area (Å²) in [4.78, 5) is 15.2. The fraction of sp³-hybridized carbons (Fsp3) is 0.657. The molecule has 0 amide bonds. The van der Waals surface area contributed by atoms with Gasteiger partial charge < -0.3 is 9.45 Å². The third kappa shape index (κ3) is 4.96. The van der Waals surface area contributed by atoms with Crippen molar-refractivity contribution >= 4 is 16.3 Å². The van der Waals surface area contributed by atoms with Crippen LogP contribution in [0.5, 0.6) is 0 Å². The molecule has 0 aromatic rings. The third-order valence-corrected chi connectivity index (χ3v) is 13.4. The minimum absolute atomic E-state index is 0.0244. The molecule has 0 bridgehead atoms. The van der Waals surface area contributed by atoms with E-state index in [1.54, 1.807) is 11.1 Å². The van der Waals surface area contributed by atoms with Gasteiger partial charge in [0.15, 0.2) is 5.78 Å². The van der Waals surface area contributed by atoms with Crippen LogP contribution >= 0.6 is 10.5 Å². The van der Waals surface area contributed by atoms with Gasteiger partial charge in [0.05, 0.1) is 6.08 Å². The average molecular weight is 562 g/mol. The monoisotopic (exact) mass is 561 g/mol. The number of hydrogen-bond donors (Lipinski definition) is 1. The maximum Gasteiger partial charge on any atom is 0.175 e. The Labute approximate surface area is 244 Å². The molecular formula is C35H49N2O2S. The molecular weight excluding hydrogens is 512 g/mol. The molecule has 0 aromatic carbocycles. The summed E-state index contributed by atoms with van der Waals surface area (Å²) in [5.41, 5.74) is 9.84. The molecule has 5 heteroatoms. The topological polar surface area (TPSA) is 43.8 Å². The van der Waals surface area contributed by atoms with Gasteiger partial charge in [-0.05, 0) is 116 Å². The number of fused-ring (bicyclic) bond motifs is 5. The van der Waals surface area contributed by atoms with Crippen LogP contribution in [0.25, 0.3) is 0 Å². The van der Waals surface area contributed by atoms with Gasteiger partial charge in [0.25, 0.3) is 0 Å². The first-order valence-electron chi connectivity index (χ1n) is 15.6. The van der Waals surface area contributed by atoms with Crippen LogP contribution in [0.15, 0.2) is 58.5 Å². The fourth-order valence-corrected chi connectivity index (χ4v) is 10.4. The van der Waals surface area contributed by atoms with E-state index in [1.165, 1.54) is 43.3 Å². The van der Waals surface area contributed by atoms with E-state index in [-0.39, 0.29) is 17.1 Å². The number of Topliss-reactive ketones (excluding diaryl/α,β-unsaturated/α-hetero) is 1. The lowest BCUT2D eigenvalue weighted by molar-refractivity contribution is -0.119. The van der Waals surface area contributed by atoms with Gasteiger partial charge in [-0.1, -0.05) is 54.2 Å². The molecule has 6 rings (SSSR count). The van der Waals surface area contributed by atoms with E-state index in [0.717, 1.165) is 63.1 Å². The molecule has 6 aliphatic rings. The summed E-state index contributed by atoms with van der Waals surface area (Å²) < 4.78 is 12.5. The van der Waals surface area contributed by atoms with Crippen molar-refractivity contribution in [3.05, 3.63) is 64.6 Å². The fourth-order valence-electron chi connectivity index (χ4n) is 9.28. The van der Waals surface area contributed by atoms with Gasteiger partial charge in [-0.3, -0.25) is 4.79 Å². The summed E-state index contributed by atoms with van der Waals surface area (Å²) in [5.74, 6) is 2.39. The summed E-state index contributed by atoms with van der Waals surface area (Å²) in [6.45, 7) is 7.71. The quantitative estimate of drug-likeness (QED) is 0.219. The molecule has 3 fully saturated rings. The largest absolute Gasteiger partial charge is 0.376 e. The van der Waals surface area contributed by atoms with Gasteiger partial charge in [0.1, 0.15) is 0 Å². The van der Waals surface area contributed by atoms with Crippen molar-refractivity contribution in [2.75, 3.05) is 39.2 Å². The van der Waals surface area contributed by atoms with Crippen molar-refractivity contribution in [3.8, 4) is 0 Å². The highest BCUT2D eigenvalue weighted by atomic mass is 32.3. The van der Waals surface area contributed by atoms with Crippen LogP contribution in [0.1, 0.15) is 71.6 Å². The lowest BCUT2D eigenvalue weighted by atomic mass is 9.47. The molecule has 40 heavy (non-hydrogen) atoms. The predicted octanol–water partition coefficient (Wildman–Crippen LogP) is 7.49. The molecule has 5 atom stereocenters. The van der Waals surface area contributed by atoms with E-state index in [2.05, 4.69) is 72.4 Å². The van der Waals surface area contributed by atoms with E-state index in [1.807, 2.05) is 12.5 Å². The van der Waals surface area contributed by atoms with Crippen molar-refractivity contribution in [1.82, 2.24) is 9.21 Å². The Morgan fingerprint density at radius 3 is 2.55 bits per heavy atom. The van der Waals surface area contributed by atoms with Crippen LogP contribution in [-0.2, 0) is 4.79 Å². The Bertz CT molecular complexity index is 1240. The second-order valence-electron chi connectivity index (χ2n) is 14.3. The Morgan fingerprint density at radius 1 is 1.05 bits per heavy atom. The summed E-state index contributed by atoms with van der Waals surface area (Å²) in [7, 11) is 0.499.